The van der Waals surface area contributed by atoms with Crippen LogP contribution in [0.1, 0.15) is 122 Å². The summed E-state index contributed by atoms with van der Waals surface area (Å²) in [5.41, 5.74) is 2.35. The molecule has 2 aromatic rings. The molecule has 0 radical (unpaired) electrons. The third-order valence-corrected chi connectivity index (χ3v) is 8.65. The minimum atomic E-state index is -4.56. The van der Waals surface area contributed by atoms with Crippen molar-refractivity contribution in [2.24, 2.45) is 0 Å². The number of rotatable bonds is 20. The molecule has 39 heavy (non-hydrogen) atoms. The Kier molecular flexibility index (Phi) is 17.5. The Hall–Kier alpha value is -0.414. The zero-order chi connectivity index (χ0) is 27.1. The first kappa shape index (κ1) is 34.8. The van der Waals surface area contributed by atoms with Crippen molar-refractivity contribution in [1.82, 2.24) is 0 Å². The second-order valence-electron chi connectivity index (χ2n) is 11.0. The van der Waals surface area contributed by atoms with Gasteiger partial charge in [0, 0.05) is 6.54 Å². The second kappa shape index (κ2) is 19.7. The molecule has 1 unspecified atom stereocenters. The molecule has 1 aliphatic heterocycles. The van der Waals surface area contributed by atoms with E-state index in [1.54, 1.807) is 6.07 Å². The predicted octanol–water partition coefficient (Wildman–Crippen LogP) is 6.00. The first-order valence-corrected chi connectivity index (χ1v) is 16.6. The van der Waals surface area contributed by atoms with Crippen molar-refractivity contribution in [2.45, 2.75) is 134 Å². The van der Waals surface area contributed by atoms with E-state index in [1.165, 1.54) is 102 Å². The Morgan fingerprint density at radius 1 is 0.718 bits per heavy atom. The van der Waals surface area contributed by atoms with Crippen molar-refractivity contribution in [3.05, 3.63) is 54.1 Å². The molecule has 212 valence electrons. The average molecular weight is 581 g/mol. The van der Waals surface area contributed by atoms with E-state index >= 15 is 0 Å². The van der Waals surface area contributed by atoms with Gasteiger partial charge in [0.05, 0.1) is 22.4 Å². The van der Waals surface area contributed by atoms with Crippen LogP contribution in [0.4, 0.5) is 11.4 Å². The summed E-state index contributed by atoms with van der Waals surface area (Å²) < 4.78 is 36.0. The normalized spacial score (nSPS) is 14.6. The van der Waals surface area contributed by atoms with Crippen LogP contribution in [-0.4, -0.2) is 19.1 Å². The van der Waals surface area contributed by atoms with Gasteiger partial charge < -0.3 is 14.8 Å². The number of benzene rings is 2. The van der Waals surface area contributed by atoms with E-state index in [0.29, 0.717) is 12.2 Å². The average Bonchev–Trinajstić information content (AvgIpc) is 3.25. The molecule has 0 amide bonds. The summed E-state index contributed by atoms with van der Waals surface area (Å²) in [5, 5.41) is 3.49. The third kappa shape index (κ3) is 12.5. The number of anilines is 2. The van der Waals surface area contributed by atoms with E-state index in [9.17, 15) is 13.0 Å². The van der Waals surface area contributed by atoms with E-state index in [4.69, 9.17) is 0 Å². The van der Waals surface area contributed by atoms with Crippen molar-refractivity contribution in [3.63, 3.8) is 0 Å². The van der Waals surface area contributed by atoms with Crippen molar-refractivity contribution < 1.29 is 64.4 Å². The molecule has 0 bridgehead atoms. The summed E-state index contributed by atoms with van der Waals surface area (Å²) in [5.74, 6) is 0. The van der Waals surface area contributed by atoms with E-state index in [-0.39, 0.29) is 62.4 Å². The maximum absolute atomic E-state index is 12.0. The number of hydrogen-bond acceptors (Lipinski definition) is 5. The van der Waals surface area contributed by atoms with Crippen molar-refractivity contribution in [3.8, 4) is 0 Å². The number of nitrogens with one attached hydrogen (secondary N) is 1. The number of hydrogen-bond donors (Lipinski definition) is 1. The van der Waals surface area contributed by atoms with Gasteiger partial charge in [-0.15, -0.1) is 0 Å². The number of para-hydroxylation sites is 1. The maximum Gasteiger partial charge on any atom is 1.00 e. The molecule has 7 heteroatoms. The van der Waals surface area contributed by atoms with Gasteiger partial charge in [0.15, 0.2) is 0 Å². The van der Waals surface area contributed by atoms with Gasteiger partial charge in [0.25, 0.3) is 0 Å². The zero-order valence-corrected chi connectivity index (χ0v) is 28.4. The quantitative estimate of drug-likeness (QED) is 0.118. The molecule has 1 atom stereocenters. The predicted molar refractivity (Wildman–Crippen MR) is 159 cm³/mol. The topological polar surface area (TPSA) is 72.5 Å². The smallest absolute Gasteiger partial charge is 0.744 e. The summed E-state index contributed by atoms with van der Waals surface area (Å²) in [6.45, 7) is 2.84. The number of nitrogens with zero attached hydrogens (tertiary/aromatic N) is 1. The summed E-state index contributed by atoms with van der Waals surface area (Å²) in [4.78, 5) is 1.94. The molecule has 0 fully saturated rings. The standard InChI is InChI=1S/C32H50N2O3S.K/c1-2-3-4-5-6-7-8-9-10-11-12-13-14-15-16-20-26-31-33-29-24-21-25-30(38(35,36)37)32(29)34(31)27-28-22-18-17-19-23-28;/h17-19,21-25,31,33H,2-16,20,26-27H2,1H3,(H,35,36,37);/q;+1/p-1. The SMILES string of the molecule is CCCCCCCCCCCCCCCCCCC1Nc2cccc(S(=O)(=O)[O-])c2N1Cc1ccccc1.[K+]. The Bertz CT molecular complexity index is 1030. The van der Waals surface area contributed by atoms with Gasteiger partial charge in [-0.25, -0.2) is 8.42 Å². The largest absolute Gasteiger partial charge is 1.00 e. The molecular weight excluding hydrogens is 532 g/mol. The summed E-state index contributed by atoms with van der Waals surface area (Å²) in [7, 11) is -4.56. The summed E-state index contributed by atoms with van der Waals surface area (Å²) in [6, 6.07) is 15.0. The van der Waals surface area contributed by atoms with Crippen molar-refractivity contribution in [2.75, 3.05) is 10.2 Å². The number of fused-ring (bicyclic) bond motifs is 1. The zero-order valence-electron chi connectivity index (χ0n) is 24.5. The van der Waals surface area contributed by atoms with Crippen LogP contribution in [0.2, 0.25) is 0 Å². The van der Waals surface area contributed by atoms with Crippen LogP contribution in [0, 0.1) is 0 Å². The van der Waals surface area contributed by atoms with E-state index in [1.807, 2.05) is 36.4 Å². The summed E-state index contributed by atoms with van der Waals surface area (Å²) >= 11 is 0. The monoisotopic (exact) mass is 580 g/mol. The molecule has 1 heterocycles. The van der Waals surface area contributed by atoms with Crippen molar-refractivity contribution >= 4 is 21.5 Å². The Morgan fingerprint density at radius 3 is 1.74 bits per heavy atom. The Balaban J connectivity index is 0.00000533. The van der Waals surface area contributed by atoms with Crippen LogP contribution in [0.15, 0.2) is 53.4 Å². The first-order valence-electron chi connectivity index (χ1n) is 15.2. The fraction of sp³-hybridized carbons (Fsp3) is 0.625. The van der Waals surface area contributed by atoms with Gasteiger partial charge in [-0.3, -0.25) is 0 Å². The molecule has 0 spiro atoms. The van der Waals surface area contributed by atoms with E-state index < -0.39 is 10.1 Å². The molecule has 5 nitrogen and oxygen atoms in total. The van der Waals surface area contributed by atoms with Crippen LogP contribution in [0.25, 0.3) is 0 Å². The molecule has 1 N–H and O–H groups in total. The molecular formula is C32H49KN2O3S. The molecule has 3 rings (SSSR count). The molecule has 0 saturated heterocycles. The van der Waals surface area contributed by atoms with Crippen LogP contribution >= 0.6 is 0 Å². The molecule has 0 saturated carbocycles. The fourth-order valence-corrected chi connectivity index (χ4v) is 6.34. The van der Waals surface area contributed by atoms with E-state index in [0.717, 1.165) is 24.1 Å². The van der Waals surface area contributed by atoms with Gasteiger partial charge in [-0.1, -0.05) is 140 Å². The molecule has 0 aromatic heterocycles. The minimum absolute atomic E-state index is 0. The van der Waals surface area contributed by atoms with Crippen LogP contribution in [-0.2, 0) is 16.7 Å². The fourth-order valence-electron chi connectivity index (χ4n) is 5.63. The molecule has 2 aromatic carbocycles. The molecule has 1 aliphatic rings. The molecule has 0 aliphatic carbocycles. The van der Waals surface area contributed by atoms with Gasteiger partial charge in [-0.05, 0) is 30.5 Å². The maximum atomic E-state index is 12.0. The Morgan fingerprint density at radius 2 is 1.23 bits per heavy atom. The third-order valence-electron chi connectivity index (χ3n) is 7.78. The van der Waals surface area contributed by atoms with Gasteiger partial charge >= 0.3 is 51.4 Å². The minimum Gasteiger partial charge on any atom is -0.744 e. The second-order valence-corrected chi connectivity index (χ2v) is 12.3. The van der Waals surface area contributed by atoms with Gasteiger partial charge in [0.1, 0.15) is 10.1 Å². The van der Waals surface area contributed by atoms with Crippen LogP contribution < -0.4 is 61.6 Å². The van der Waals surface area contributed by atoms with E-state index in [2.05, 4.69) is 17.1 Å². The van der Waals surface area contributed by atoms with Crippen LogP contribution in [0.3, 0.4) is 0 Å². The number of unbranched alkanes of at least 4 members (excludes halogenated alkanes) is 15. The van der Waals surface area contributed by atoms with Crippen LogP contribution in [0.5, 0.6) is 0 Å². The first-order chi connectivity index (χ1) is 18.5. The summed E-state index contributed by atoms with van der Waals surface area (Å²) in [6.07, 6.45) is 22.4. The Labute approximate surface area is 281 Å². The van der Waals surface area contributed by atoms with Gasteiger partial charge in [0.2, 0.25) is 0 Å². The van der Waals surface area contributed by atoms with Crippen molar-refractivity contribution in [1.29, 1.82) is 0 Å². The van der Waals surface area contributed by atoms with Gasteiger partial charge in [-0.2, -0.15) is 0 Å².